The van der Waals surface area contributed by atoms with Crippen molar-refractivity contribution in [2.24, 2.45) is 13.0 Å². The summed E-state index contributed by atoms with van der Waals surface area (Å²) in [5.74, 6) is -1.09. The number of hydrogen-bond donors (Lipinski definition) is 1. The Morgan fingerprint density at radius 3 is 2.54 bits per heavy atom. The SMILES string of the molecule is Cc1cc(C)c2c(Cn3c(=O)n([C@H](C(=O)O)C4CCCCC4)c4cc(C#N)ccc43)cn(C)c2c1. The van der Waals surface area contributed by atoms with Crippen LogP contribution in [0.1, 0.15) is 60.4 Å². The molecule has 1 N–H and O–H groups in total. The largest absolute Gasteiger partial charge is 0.480 e. The zero-order valence-electron chi connectivity index (χ0n) is 20.4. The second-order valence-corrected chi connectivity index (χ2v) is 9.98. The van der Waals surface area contributed by atoms with Gasteiger partial charge in [0.15, 0.2) is 0 Å². The van der Waals surface area contributed by atoms with Gasteiger partial charge in [-0.1, -0.05) is 25.3 Å². The van der Waals surface area contributed by atoms with Gasteiger partial charge in [-0.25, -0.2) is 9.59 Å². The van der Waals surface area contributed by atoms with Gasteiger partial charge in [-0.05, 0) is 73.6 Å². The summed E-state index contributed by atoms with van der Waals surface area (Å²) >= 11 is 0. The van der Waals surface area contributed by atoms with Gasteiger partial charge in [0.1, 0.15) is 6.04 Å². The van der Waals surface area contributed by atoms with Crippen molar-refractivity contribution in [3.05, 3.63) is 69.3 Å². The van der Waals surface area contributed by atoms with Gasteiger partial charge < -0.3 is 9.67 Å². The van der Waals surface area contributed by atoms with Gasteiger partial charge in [0.25, 0.3) is 0 Å². The minimum Gasteiger partial charge on any atom is -0.480 e. The maximum Gasteiger partial charge on any atom is 0.330 e. The zero-order chi connectivity index (χ0) is 24.9. The van der Waals surface area contributed by atoms with Crippen LogP contribution >= 0.6 is 0 Å². The fourth-order valence-electron chi connectivity index (χ4n) is 6.04. The molecule has 0 aliphatic heterocycles. The number of aromatic nitrogens is 3. The normalized spacial score (nSPS) is 15.5. The smallest absolute Gasteiger partial charge is 0.330 e. The molecule has 7 heteroatoms. The third-order valence-electron chi connectivity index (χ3n) is 7.56. The lowest BCUT2D eigenvalue weighted by atomic mass is 9.83. The van der Waals surface area contributed by atoms with Crippen LogP contribution in [0.15, 0.2) is 41.3 Å². The predicted octanol–water partition coefficient (Wildman–Crippen LogP) is 5.04. The second-order valence-electron chi connectivity index (χ2n) is 9.98. The summed E-state index contributed by atoms with van der Waals surface area (Å²) in [5.41, 5.74) is 5.67. The number of rotatable bonds is 5. The standard InChI is InChI=1S/C28H30N4O3/c1-17-11-18(2)25-21(15-30(3)24(25)12-17)16-31-22-10-9-19(14-29)13-23(22)32(28(31)35)26(27(33)34)20-7-5-4-6-8-20/h9-13,15,20,26H,4-8,16H2,1-3H3,(H,33,34)/t26-/m0/s1. The summed E-state index contributed by atoms with van der Waals surface area (Å²) in [6, 6.07) is 10.6. The van der Waals surface area contributed by atoms with E-state index in [0.717, 1.165) is 54.1 Å². The molecule has 0 amide bonds. The molecular formula is C28H30N4O3. The van der Waals surface area contributed by atoms with Crippen molar-refractivity contribution in [1.82, 2.24) is 13.7 Å². The van der Waals surface area contributed by atoms with E-state index in [4.69, 9.17) is 0 Å². The molecule has 5 rings (SSSR count). The van der Waals surface area contributed by atoms with Crippen LogP contribution in [0.25, 0.3) is 21.9 Å². The molecule has 0 unspecified atom stereocenters. The first-order valence-corrected chi connectivity index (χ1v) is 12.2. The Morgan fingerprint density at radius 2 is 1.86 bits per heavy atom. The Morgan fingerprint density at radius 1 is 1.11 bits per heavy atom. The highest BCUT2D eigenvalue weighted by atomic mass is 16.4. The quantitative estimate of drug-likeness (QED) is 0.442. The molecule has 1 saturated carbocycles. The van der Waals surface area contributed by atoms with E-state index in [-0.39, 0.29) is 11.6 Å². The van der Waals surface area contributed by atoms with Crippen LogP contribution in [0.3, 0.4) is 0 Å². The number of benzene rings is 2. The third kappa shape index (κ3) is 3.83. The molecule has 4 aromatic rings. The van der Waals surface area contributed by atoms with Gasteiger partial charge in [0.05, 0.1) is 29.2 Å². The molecular weight excluding hydrogens is 440 g/mol. The maximum absolute atomic E-state index is 13.9. The van der Waals surface area contributed by atoms with Gasteiger partial charge in [0, 0.05) is 24.1 Å². The number of aryl methyl sites for hydroxylation is 3. The molecule has 1 aliphatic carbocycles. The minimum atomic E-state index is -0.989. The number of aliphatic carboxylic acids is 1. The Bertz CT molecular complexity index is 1560. The lowest BCUT2D eigenvalue weighted by Gasteiger charge is -2.28. The summed E-state index contributed by atoms with van der Waals surface area (Å²) in [6.07, 6.45) is 6.66. The van der Waals surface area contributed by atoms with Crippen LogP contribution in [-0.4, -0.2) is 24.8 Å². The van der Waals surface area contributed by atoms with E-state index < -0.39 is 12.0 Å². The molecule has 2 aromatic heterocycles. The van der Waals surface area contributed by atoms with Crippen LogP contribution < -0.4 is 5.69 Å². The fourth-order valence-corrected chi connectivity index (χ4v) is 6.04. The number of carboxylic acids is 1. The van der Waals surface area contributed by atoms with Crippen LogP contribution in [0.2, 0.25) is 0 Å². The molecule has 2 aromatic carbocycles. The molecule has 2 heterocycles. The van der Waals surface area contributed by atoms with Gasteiger partial charge in [0.2, 0.25) is 0 Å². The topological polar surface area (TPSA) is 93.0 Å². The Kier molecular flexibility index (Phi) is 5.76. The van der Waals surface area contributed by atoms with E-state index in [1.807, 2.05) is 13.2 Å². The highest BCUT2D eigenvalue weighted by molar-refractivity contribution is 5.88. The van der Waals surface area contributed by atoms with Crippen molar-refractivity contribution in [1.29, 1.82) is 5.26 Å². The van der Waals surface area contributed by atoms with Gasteiger partial charge >= 0.3 is 11.7 Å². The number of nitrogens with zero attached hydrogens (tertiary/aromatic N) is 4. The molecule has 1 aliphatic rings. The van der Waals surface area contributed by atoms with E-state index in [1.54, 1.807) is 22.8 Å². The number of carboxylic acid groups (broad SMARTS) is 1. The summed E-state index contributed by atoms with van der Waals surface area (Å²) in [5, 5.41) is 20.9. The number of imidazole rings is 1. The second kappa shape index (κ2) is 8.77. The van der Waals surface area contributed by atoms with E-state index in [2.05, 4.69) is 36.6 Å². The summed E-state index contributed by atoms with van der Waals surface area (Å²) in [4.78, 5) is 26.5. The number of hydrogen-bond acceptors (Lipinski definition) is 3. The lowest BCUT2D eigenvalue weighted by Crippen LogP contribution is -2.36. The van der Waals surface area contributed by atoms with Crippen LogP contribution in [0.5, 0.6) is 0 Å². The number of fused-ring (bicyclic) bond motifs is 2. The first-order valence-electron chi connectivity index (χ1n) is 12.2. The molecule has 180 valence electrons. The molecule has 1 atom stereocenters. The molecule has 0 spiro atoms. The average molecular weight is 471 g/mol. The Hall–Kier alpha value is -3.79. The highest BCUT2D eigenvalue weighted by Gasteiger charge is 2.34. The maximum atomic E-state index is 13.9. The molecule has 0 saturated heterocycles. The highest BCUT2D eigenvalue weighted by Crippen LogP contribution is 2.35. The van der Waals surface area contributed by atoms with Crippen LogP contribution in [-0.2, 0) is 18.4 Å². The first kappa shape index (κ1) is 23.0. The van der Waals surface area contributed by atoms with Gasteiger partial charge in [-0.3, -0.25) is 9.13 Å². The van der Waals surface area contributed by atoms with Crippen molar-refractivity contribution < 1.29 is 9.90 Å². The Balaban J connectivity index is 1.73. The van der Waals surface area contributed by atoms with Crippen molar-refractivity contribution in [3.8, 4) is 6.07 Å². The van der Waals surface area contributed by atoms with E-state index >= 15 is 0 Å². The van der Waals surface area contributed by atoms with Crippen molar-refractivity contribution in [2.45, 2.75) is 58.5 Å². The summed E-state index contributed by atoms with van der Waals surface area (Å²) in [7, 11) is 2.00. The lowest BCUT2D eigenvalue weighted by molar-refractivity contribution is -0.143. The Labute approximate surface area is 203 Å². The average Bonchev–Trinajstić information content (AvgIpc) is 3.28. The van der Waals surface area contributed by atoms with Gasteiger partial charge in [-0.2, -0.15) is 5.26 Å². The van der Waals surface area contributed by atoms with E-state index in [0.29, 0.717) is 23.1 Å². The zero-order valence-corrected chi connectivity index (χ0v) is 20.4. The summed E-state index contributed by atoms with van der Waals surface area (Å²) < 4.78 is 5.19. The van der Waals surface area contributed by atoms with E-state index in [9.17, 15) is 20.0 Å². The summed E-state index contributed by atoms with van der Waals surface area (Å²) in [6.45, 7) is 4.47. The molecule has 7 nitrogen and oxygen atoms in total. The molecule has 0 bridgehead atoms. The van der Waals surface area contributed by atoms with Crippen molar-refractivity contribution >= 4 is 27.9 Å². The third-order valence-corrected chi connectivity index (χ3v) is 7.56. The van der Waals surface area contributed by atoms with Crippen LogP contribution in [0.4, 0.5) is 0 Å². The monoisotopic (exact) mass is 470 g/mol. The number of carbonyl (C=O) groups is 1. The predicted molar refractivity (Wildman–Crippen MR) is 136 cm³/mol. The van der Waals surface area contributed by atoms with Crippen molar-refractivity contribution in [2.75, 3.05) is 0 Å². The molecule has 0 radical (unpaired) electrons. The van der Waals surface area contributed by atoms with E-state index in [1.165, 1.54) is 10.1 Å². The minimum absolute atomic E-state index is 0.105. The van der Waals surface area contributed by atoms with Crippen molar-refractivity contribution in [3.63, 3.8) is 0 Å². The van der Waals surface area contributed by atoms with Gasteiger partial charge in [-0.15, -0.1) is 0 Å². The van der Waals surface area contributed by atoms with Crippen LogP contribution in [0, 0.1) is 31.1 Å². The molecule has 1 fully saturated rings. The molecule has 35 heavy (non-hydrogen) atoms. The first-order chi connectivity index (χ1) is 16.8. The fraction of sp³-hybridized carbons (Fsp3) is 0.393. The number of nitriles is 1.